The molecule has 4 N–H and O–H groups in total. The molecule has 0 saturated heterocycles. The van der Waals surface area contributed by atoms with Crippen LogP contribution in [0.5, 0.6) is 0 Å². The fraction of sp³-hybridized carbons (Fsp3) is 0.484. The summed E-state index contributed by atoms with van der Waals surface area (Å²) in [6.07, 6.45) is 3.02. The summed E-state index contributed by atoms with van der Waals surface area (Å²) >= 11 is 0. The molecule has 7 atom stereocenters. The van der Waals surface area contributed by atoms with E-state index in [0.717, 1.165) is 23.0 Å². The SMILES string of the molecule is CC1=CC(=Nc2ncc(-c3ccc4ccccc4n3)c(NC3CC(C(C)(C)O)C(O)C3O)n2)CC2(C)C(C)C12. The predicted molar refractivity (Wildman–Crippen MR) is 153 cm³/mol. The first kappa shape index (κ1) is 26.0. The summed E-state index contributed by atoms with van der Waals surface area (Å²) in [4.78, 5) is 19.1. The Morgan fingerprint density at radius 2 is 1.85 bits per heavy atom. The number of pyridine rings is 1. The second-order valence-corrected chi connectivity index (χ2v) is 12.5. The molecule has 2 heterocycles. The van der Waals surface area contributed by atoms with E-state index in [1.165, 1.54) is 5.57 Å². The van der Waals surface area contributed by atoms with E-state index < -0.39 is 29.8 Å². The van der Waals surface area contributed by atoms with Crippen LogP contribution >= 0.6 is 0 Å². The molecule has 0 bridgehead atoms. The van der Waals surface area contributed by atoms with Gasteiger partial charge in [0.05, 0.1) is 34.5 Å². The average molecular weight is 528 g/mol. The molecule has 204 valence electrons. The molecule has 0 amide bonds. The molecule has 3 aliphatic carbocycles. The molecular formula is C31H37N5O3. The van der Waals surface area contributed by atoms with Crippen molar-refractivity contribution in [3.05, 3.63) is 54.2 Å². The van der Waals surface area contributed by atoms with Gasteiger partial charge in [-0.1, -0.05) is 43.7 Å². The molecule has 2 saturated carbocycles. The Morgan fingerprint density at radius 3 is 2.56 bits per heavy atom. The van der Waals surface area contributed by atoms with E-state index in [2.05, 4.69) is 37.1 Å². The fourth-order valence-corrected chi connectivity index (χ4v) is 6.97. The number of hydrogen-bond acceptors (Lipinski definition) is 8. The van der Waals surface area contributed by atoms with Crippen molar-refractivity contribution in [1.82, 2.24) is 15.0 Å². The van der Waals surface area contributed by atoms with E-state index in [9.17, 15) is 15.3 Å². The average Bonchev–Trinajstić information content (AvgIpc) is 3.32. The lowest BCUT2D eigenvalue weighted by Gasteiger charge is -2.28. The van der Waals surface area contributed by atoms with Crippen molar-refractivity contribution in [3.8, 4) is 11.3 Å². The zero-order valence-electron chi connectivity index (χ0n) is 23.1. The molecule has 0 radical (unpaired) electrons. The van der Waals surface area contributed by atoms with Gasteiger partial charge in [-0.25, -0.2) is 15.0 Å². The van der Waals surface area contributed by atoms with Crippen molar-refractivity contribution in [1.29, 1.82) is 0 Å². The second kappa shape index (κ2) is 9.18. The number of rotatable bonds is 5. The quantitative estimate of drug-likeness (QED) is 0.380. The predicted octanol–water partition coefficient (Wildman–Crippen LogP) is 4.68. The molecule has 3 aromatic rings. The Balaban J connectivity index is 1.38. The number of aliphatic imine (C=N–C) groups is 1. The van der Waals surface area contributed by atoms with Gasteiger partial charge in [-0.15, -0.1) is 0 Å². The first-order valence-corrected chi connectivity index (χ1v) is 13.8. The minimum atomic E-state index is -1.14. The number of benzene rings is 1. The Bertz CT molecular complexity index is 1500. The second-order valence-electron chi connectivity index (χ2n) is 12.5. The molecule has 0 spiro atoms. The molecule has 8 heteroatoms. The largest absolute Gasteiger partial charge is 0.390 e. The molecular weight excluding hydrogens is 490 g/mol. The third kappa shape index (κ3) is 4.54. The van der Waals surface area contributed by atoms with E-state index in [1.807, 2.05) is 36.4 Å². The third-order valence-corrected chi connectivity index (χ3v) is 9.39. The highest BCUT2D eigenvalue weighted by Gasteiger charge is 2.60. The van der Waals surface area contributed by atoms with Crippen molar-refractivity contribution in [2.45, 2.75) is 71.3 Å². The molecule has 7 unspecified atom stereocenters. The van der Waals surface area contributed by atoms with Gasteiger partial charge in [0.25, 0.3) is 5.95 Å². The van der Waals surface area contributed by atoms with Gasteiger partial charge >= 0.3 is 0 Å². The maximum Gasteiger partial charge on any atom is 0.251 e. The van der Waals surface area contributed by atoms with Gasteiger partial charge in [-0.3, -0.25) is 0 Å². The Kier molecular flexibility index (Phi) is 6.13. The van der Waals surface area contributed by atoms with E-state index in [-0.39, 0.29) is 5.41 Å². The van der Waals surface area contributed by atoms with Crippen molar-refractivity contribution >= 4 is 28.4 Å². The van der Waals surface area contributed by atoms with Gasteiger partial charge in [0.15, 0.2) is 0 Å². The highest BCUT2D eigenvalue weighted by molar-refractivity contribution is 5.99. The first-order valence-electron chi connectivity index (χ1n) is 13.8. The number of allylic oxidation sites excluding steroid dienone is 2. The summed E-state index contributed by atoms with van der Waals surface area (Å²) in [5.74, 6) is 1.59. The summed E-state index contributed by atoms with van der Waals surface area (Å²) in [5, 5.41) is 36.5. The maximum absolute atomic E-state index is 10.9. The van der Waals surface area contributed by atoms with Gasteiger partial charge in [-0.05, 0) is 69.1 Å². The molecule has 2 fully saturated rings. The van der Waals surface area contributed by atoms with Crippen molar-refractivity contribution in [3.63, 3.8) is 0 Å². The highest BCUT2D eigenvalue weighted by Crippen LogP contribution is 2.65. The summed E-state index contributed by atoms with van der Waals surface area (Å²) in [6.45, 7) is 10.1. The summed E-state index contributed by atoms with van der Waals surface area (Å²) in [7, 11) is 0. The number of para-hydroxylation sites is 1. The Labute approximate surface area is 229 Å². The number of aliphatic hydroxyl groups excluding tert-OH is 2. The van der Waals surface area contributed by atoms with Gasteiger partial charge in [-0.2, -0.15) is 4.98 Å². The minimum absolute atomic E-state index is 0.240. The summed E-state index contributed by atoms with van der Waals surface area (Å²) in [6, 6.07) is 11.3. The van der Waals surface area contributed by atoms with Gasteiger partial charge in [0, 0.05) is 23.2 Å². The molecule has 0 aliphatic heterocycles. The minimum Gasteiger partial charge on any atom is -0.390 e. The smallest absolute Gasteiger partial charge is 0.251 e. The van der Waals surface area contributed by atoms with Crippen LogP contribution < -0.4 is 5.32 Å². The van der Waals surface area contributed by atoms with E-state index in [0.29, 0.717) is 41.3 Å². The topological polar surface area (TPSA) is 124 Å². The van der Waals surface area contributed by atoms with Crippen LogP contribution in [0.3, 0.4) is 0 Å². The number of nitrogens with zero attached hydrogens (tertiary/aromatic N) is 4. The van der Waals surface area contributed by atoms with Crippen LogP contribution in [0.25, 0.3) is 22.2 Å². The van der Waals surface area contributed by atoms with Crippen molar-refractivity contribution < 1.29 is 15.3 Å². The number of anilines is 1. The number of hydrogen-bond donors (Lipinski definition) is 4. The number of nitrogens with one attached hydrogen (secondary N) is 1. The van der Waals surface area contributed by atoms with E-state index in [4.69, 9.17) is 15.0 Å². The van der Waals surface area contributed by atoms with Crippen LogP contribution in [-0.2, 0) is 0 Å². The first-order chi connectivity index (χ1) is 18.5. The fourth-order valence-electron chi connectivity index (χ4n) is 6.97. The lowest BCUT2D eigenvalue weighted by Crippen LogP contribution is -2.40. The van der Waals surface area contributed by atoms with Gasteiger partial charge in [0.2, 0.25) is 0 Å². The Morgan fingerprint density at radius 1 is 1.08 bits per heavy atom. The van der Waals surface area contributed by atoms with Crippen LogP contribution in [-0.4, -0.2) is 59.8 Å². The van der Waals surface area contributed by atoms with E-state index >= 15 is 0 Å². The zero-order valence-corrected chi connectivity index (χ0v) is 23.1. The van der Waals surface area contributed by atoms with Gasteiger partial charge in [0.1, 0.15) is 11.9 Å². The number of aliphatic hydroxyl groups is 3. The number of fused-ring (bicyclic) bond motifs is 2. The maximum atomic E-state index is 10.9. The third-order valence-electron chi connectivity index (χ3n) is 9.39. The lowest BCUT2D eigenvalue weighted by atomic mass is 9.88. The van der Waals surface area contributed by atoms with Crippen LogP contribution in [0.1, 0.15) is 47.5 Å². The van der Waals surface area contributed by atoms with Gasteiger partial charge < -0.3 is 20.6 Å². The Hall–Kier alpha value is -3.20. The molecule has 3 aliphatic rings. The lowest BCUT2D eigenvalue weighted by molar-refractivity contribution is -0.0601. The molecule has 2 aromatic heterocycles. The summed E-state index contributed by atoms with van der Waals surface area (Å²) < 4.78 is 0. The van der Waals surface area contributed by atoms with Crippen LogP contribution in [0.2, 0.25) is 0 Å². The summed E-state index contributed by atoms with van der Waals surface area (Å²) in [5.41, 5.74) is 3.65. The van der Waals surface area contributed by atoms with Crippen LogP contribution in [0.15, 0.2) is 59.2 Å². The molecule has 1 aromatic carbocycles. The normalized spacial score (nSPS) is 33.2. The molecule has 6 rings (SSSR count). The molecule has 8 nitrogen and oxygen atoms in total. The standard InChI is InChI=1S/C31H37N5O3/c1-16-12-19(14-31(5)17(2)25(16)31)33-29-32-15-20(23-11-10-18-8-6-7-9-22(18)34-23)28(36-29)35-24-13-21(30(3,4)39)26(37)27(24)38/h6-12,15,17,21,24-27,37-39H,13-14H2,1-5H3,(H,32,35,36). The van der Waals surface area contributed by atoms with Crippen molar-refractivity contribution in [2.24, 2.45) is 28.2 Å². The number of aromatic nitrogens is 3. The monoisotopic (exact) mass is 527 g/mol. The van der Waals surface area contributed by atoms with E-state index in [1.54, 1.807) is 20.0 Å². The van der Waals surface area contributed by atoms with Crippen molar-refractivity contribution in [2.75, 3.05) is 5.32 Å². The molecule has 39 heavy (non-hydrogen) atoms. The van der Waals surface area contributed by atoms with Crippen LogP contribution in [0.4, 0.5) is 11.8 Å². The van der Waals surface area contributed by atoms with Crippen LogP contribution in [0, 0.1) is 23.2 Å². The zero-order chi connectivity index (χ0) is 27.7. The highest BCUT2D eigenvalue weighted by atomic mass is 16.3.